The quantitative estimate of drug-likeness (QED) is 0.329. The predicted octanol–water partition coefficient (Wildman–Crippen LogP) is -3.32. The first-order valence-electron chi connectivity index (χ1n) is 7.01. The highest BCUT2D eigenvalue weighted by molar-refractivity contribution is 5.73. The second-order valence-corrected chi connectivity index (χ2v) is 5.31. The minimum atomic E-state index is -1.61. The van der Waals surface area contributed by atoms with Crippen molar-refractivity contribution in [1.82, 2.24) is 19.5 Å². The van der Waals surface area contributed by atoms with E-state index in [9.17, 15) is 25.2 Å². The zero-order chi connectivity index (χ0) is 17.6. The number of rotatable bonds is 3. The van der Waals surface area contributed by atoms with Gasteiger partial charge in [-0.05, 0) is 0 Å². The third kappa shape index (κ3) is 2.40. The Bertz CT molecular complexity index is 803. The maximum Gasteiger partial charge on any atom is 0.298 e. The lowest BCUT2D eigenvalue weighted by Gasteiger charge is -2.40. The standard InChI is InChI=1S/C12H17N5O7/c1-23-12-15-8-4(9(22)16-12)14-11(13)17(8)10-7(21)6(20)5(19)3(2-18)24-10/h3,5-7,10,18-21H,2H2,1H3,(H2,13,14)(H,15,16,22)/t3-,5+,6+,7+,10-/m0/s1. The van der Waals surface area contributed by atoms with Gasteiger partial charge >= 0.3 is 0 Å². The highest BCUT2D eigenvalue weighted by Crippen LogP contribution is 2.32. The number of nitrogen functional groups attached to an aromatic ring is 1. The van der Waals surface area contributed by atoms with Crippen LogP contribution in [0.15, 0.2) is 4.79 Å². The Hall–Kier alpha value is -2.25. The number of fused-ring (bicyclic) bond motifs is 1. The van der Waals surface area contributed by atoms with Gasteiger partial charge in [-0.2, -0.15) is 4.98 Å². The summed E-state index contributed by atoms with van der Waals surface area (Å²) in [7, 11) is 1.29. The van der Waals surface area contributed by atoms with Crippen LogP contribution in [0.4, 0.5) is 5.95 Å². The minimum Gasteiger partial charge on any atom is -0.468 e. The Morgan fingerprint density at radius 1 is 1.29 bits per heavy atom. The lowest BCUT2D eigenvalue weighted by molar-refractivity contribution is -0.250. The van der Waals surface area contributed by atoms with Gasteiger partial charge in [0, 0.05) is 0 Å². The molecule has 12 nitrogen and oxygen atoms in total. The molecule has 132 valence electrons. The van der Waals surface area contributed by atoms with Crippen LogP contribution in [0.2, 0.25) is 0 Å². The summed E-state index contributed by atoms with van der Waals surface area (Å²) in [5.41, 5.74) is 5.01. The van der Waals surface area contributed by atoms with Crippen LogP contribution < -0.4 is 16.0 Å². The van der Waals surface area contributed by atoms with Crippen LogP contribution >= 0.6 is 0 Å². The monoisotopic (exact) mass is 343 g/mol. The van der Waals surface area contributed by atoms with E-state index in [0.29, 0.717) is 0 Å². The first kappa shape index (κ1) is 16.6. The van der Waals surface area contributed by atoms with Crippen LogP contribution in [0, 0.1) is 0 Å². The molecule has 0 radical (unpaired) electrons. The zero-order valence-electron chi connectivity index (χ0n) is 12.5. The molecule has 1 aliphatic rings. The number of nitrogens with two attached hydrogens (primary N) is 1. The third-order valence-corrected chi connectivity index (χ3v) is 3.87. The fourth-order valence-electron chi connectivity index (χ4n) is 2.62. The van der Waals surface area contributed by atoms with E-state index in [4.69, 9.17) is 15.2 Å². The maximum absolute atomic E-state index is 12.0. The number of hydrogen-bond acceptors (Lipinski definition) is 10. The Kier molecular flexibility index (Phi) is 4.15. The van der Waals surface area contributed by atoms with Crippen LogP contribution in [0.1, 0.15) is 6.23 Å². The molecule has 0 saturated carbocycles. The molecule has 5 atom stereocenters. The van der Waals surface area contributed by atoms with Gasteiger partial charge in [0.15, 0.2) is 17.4 Å². The molecule has 12 heteroatoms. The second kappa shape index (κ2) is 5.99. The maximum atomic E-state index is 12.0. The van der Waals surface area contributed by atoms with Crippen molar-refractivity contribution < 1.29 is 29.9 Å². The second-order valence-electron chi connectivity index (χ2n) is 5.31. The van der Waals surface area contributed by atoms with Crippen molar-refractivity contribution in [1.29, 1.82) is 0 Å². The summed E-state index contributed by atoms with van der Waals surface area (Å²) < 4.78 is 11.4. The fraction of sp³-hybridized carbons (Fsp3) is 0.583. The lowest BCUT2D eigenvalue weighted by atomic mass is 9.98. The number of nitrogens with one attached hydrogen (secondary N) is 1. The van der Waals surface area contributed by atoms with E-state index in [1.165, 1.54) is 7.11 Å². The molecule has 7 N–H and O–H groups in total. The van der Waals surface area contributed by atoms with Crippen LogP contribution in [0.3, 0.4) is 0 Å². The summed E-state index contributed by atoms with van der Waals surface area (Å²) in [5, 5.41) is 39.2. The number of imidazole rings is 1. The molecule has 1 aliphatic heterocycles. The van der Waals surface area contributed by atoms with Crippen molar-refractivity contribution in [2.24, 2.45) is 0 Å². The molecule has 0 aromatic carbocycles. The first-order valence-corrected chi connectivity index (χ1v) is 7.01. The smallest absolute Gasteiger partial charge is 0.298 e. The summed E-state index contributed by atoms with van der Waals surface area (Å²) >= 11 is 0. The van der Waals surface area contributed by atoms with Gasteiger partial charge in [-0.15, -0.1) is 0 Å². The SMILES string of the molecule is COc1nc2c(nc(N)n2[C@H]2O[C@@H](CO)[C@@H](O)[C@@H](O)[C@H]2O)c(=O)[nH]1. The van der Waals surface area contributed by atoms with Gasteiger partial charge in [0.1, 0.15) is 24.4 Å². The molecule has 0 aliphatic carbocycles. The van der Waals surface area contributed by atoms with Crippen molar-refractivity contribution in [3.63, 3.8) is 0 Å². The molecule has 2 aromatic rings. The van der Waals surface area contributed by atoms with E-state index >= 15 is 0 Å². The number of nitrogens with zero attached hydrogens (tertiary/aromatic N) is 3. The van der Waals surface area contributed by atoms with Crippen molar-refractivity contribution in [2.75, 3.05) is 19.5 Å². The Morgan fingerprint density at radius 2 is 2.00 bits per heavy atom. The van der Waals surface area contributed by atoms with E-state index in [0.717, 1.165) is 4.57 Å². The summed E-state index contributed by atoms with van der Waals surface area (Å²) in [6.07, 6.45) is -7.21. The average molecular weight is 343 g/mol. The van der Waals surface area contributed by atoms with E-state index < -0.39 is 42.8 Å². The topological polar surface area (TPSA) is 189 Å². The summed E-state index contributed by atoms with van der Waals surface area (Å²) in [5.74, 6) is -0.208. The highest BCUT2D eigenvalue weighted by Gasteiger charge is 2.45. The van der Waals surface area contributed by atoms with E-state index in [-0.39, 0.29) is 23.1 Å². The summed E-state index contributed by atoms with van der Waals surface area (Å²) in [6, 6.07) is -0.113. The molecule has 0 spiro atoms. The van der Waals surface area contributed by atoms with Crippen molar-refractivity contribution in [3.05, 3.63) is 10.4 Å². The van der Waals surface area contributed by atoms with Gasteiger partial charge in [0.25, 0.3) is 11.6 Å². The van der Waals surface area contributed by atoms with Crippen molar-refractivity contribution in [2.45, 2.75) is 30.6 Å². The van der Waals surface area contributed by atoms with E-state index in [1.807, 2.05) is 0 Å². The summed E-state index contributed by atoms with van der Waals surface area (Å²) in [4.78, 5) is 22.2. The number of aliphatic hydroxyl groups excluding tert-OH is 4. The molecule has 3 rings (SSSR count). The van der Waals surface area contributed by atoms with Gasteiger partial charge in [-0.1, -0.05) is 0 Å². The van der Waals surface area contributed by atoms with Crippen molar-refractivity contribution in [3.8, 4) is 6.01 Å². The number of aromatic nitrogens is 4. The normalized spacial score (nSPS) is 30.6. The molecular formula is C12H17N5O7. The molecule has 1 fully saturated rings. The largest absolute Gasteiger partial charge is 0.468 e. The molecule has 0 amide bonds. The minimum absolute atomic E-state index is 0.0440. The zero-order valence-corrected chi connectivity index (χ0v) is 12.5. The van der Waals surface area contributed by atoms with Crippen LogP contribution in [0.25, 0.3) is 11.2 Å². The van der Waals surface area contributed by atoms with Crippen LogP contribution in [0.5, 0.6) is 6.01 Å². The van der Waals surface area contributed by atoms with Gasteiger partial charge in [0.2, 0.25) is 5.95 Å². The number of anilines is 1. The number of ether oxygens (including phenoxy) is 2. The highest BCUT2D eigenvalue weighted by atomic mass is 16.6. The fourth-order valence-corrected chi connectivity index (χ4v) is 2.62. The number of H-pyrrole nitrogens is 1. The molecule has 2 aromatic heterocycles. The molecule has 0 unspecified atom stereocenters. The summed E-state index contributed by atoms with van der Waals surface area (Å²) in [6.45, 7) is -0.606. The van der Waals surface area contributed by atoms with Gasteiger partial charge in [-0.25, -0.2) is 4.98 Å². The third-order valence-electron chi connectivity index (χ3n) is 3.87. The van der Waals surface area contributed by atoms with E-state index in [1.54, 1.807) is 0 Å². The van der Waals surface area contributed by atoms with Gasteiger partial charge in [0.05, 0.1) is 13.7 Å². The molecule has 24 heavy (non-hydrogen) atoms. The van der Waals surface area contributed by atoms with Crippen LogP contribution in [-0.4, -0.2) is 78.1 Å². The number of aromatic amines is 1. The van der Waals surface area contributed by atoms with Crippen LogP contribution in [-0.2, 0) is 4.74 Å². The Morgan fingerprint density at radius 3 is 2.62 bits per heavy atom. The Labute approximate surface area is 134 Å². The number of hydrogen-bond donors (Lipinski definition) is 6. The van der Waals surface area contributed by atoms with Gasteiger partial charge < -0.3 is 35.6 Å². The van der Waals surface area contributed by atoms with Crippen molar-refractivity contribution >= 4 is 17.1 Å². The molecular weight excluding hydrogens is 326 g/mol. The average Bonchev–Trinajstić information content (AvgIpc) is 2.90. The Balaban J connectivity index is 2.16. The van der Waals surface area contributed by atoms with E-state index in [2.05, 4.69) is 15.0 Å². The number of methoxy groups -OCH3 is 1. The van der Waals surface area contributed by atoms with Gasteiger partial charge in [-0.3, -0.25) is 14.3 Å². The first-order chi connectivity index (χ1) is 11.4. The predicted molar refractivity (Wildman–Crippen MR) is 78.1 cm³/mol. The molecule has 1 saturated heterocycles. The molecule has 3 heterocycles. The number of aliphatic hydroxyl groups is 4. The lowest BCUT2D eigenvalue weighted by Crippen LogP contribution is -2.56. The molecule has 0 bridgehead atoms.